The molecule has 1 saturated heterocycles. The summed E-state index contributed by atoms with van der Waals surface area (Å²) in [5, 5.41) is 8.48. The van der Waals surface area contributed by atoms with Crippen LogP contribution in [-0.2, 0) is 9.59 Å². The summed E-state index contributed by atoms with van der Waals surface area (Å²) in [6.45, 7) is 3.62. The number of hydrogen-bond donors (Lipinski definition) is 1. The van der Waals surface area contributed by atoms with Gasteiger partial charge in [-0.3, -0.25) is 14.3 Å². The van der Waals surface area contributed by atoms with Crippen LogP contribution in [0.25, 0.3) is 27.9 Å². The molecular formula is C26H29FN8O2. The van der Waals surface area contributed by atoms with E-state index in [1.54, 1.807) is 26.0 Å². The Bertz CT molecular complexity index is 1690. The molecule has 3 aromatic heterocycles. The van der Waals surface area contributed by atoms with Crippen LogP contribution in [0.1, 0.15) is 46.0 Å². The molecule has 10 nitrogen and oxygen atoms in total. The third-order valence-corrected chi connectivity index (χ3v) is 6.72. The van der Waals surface area contributed by atoms with E-state index >= 15 is 4.39 Å². The Morgan fingerprint density at radius 3 is 2.76 bits per heavy atom. The zero-order valence-corrected chi connectivity index (χ0v) is 20.9. The second-order valence-electron chi connectivity index (χ2n) is 9.46. The highest BCUT2D eigenvalue weighted by atomic mass is 19.1. The molecule has 37 heavy (non-hydrogen) atoms. The summed E-state index contributed by atoms with van der Waals surface area (Å²) in [7, 11) is 0. The van der Waals surface area contributed by atoms with Crippen LogP contribution in [0.5, 0.6) is 0 Å². The van der Waals surface area contributed by atoms with Gasteiger partial charge in [0.1, 0.15) is 23.2 Å². The molecule has 1 aliphatic rings. The number of rotatable bonds is 4. The van der Waals surface area contributed by atoms with Crippen LogP contribution < -0.4 is 10.6 Å². The van der Waals surface area contributed by atoms with Crippen LogP contribution in [0.2, 0.25) is 0 Å². The molecule has 1 aromatic carbocycles. The first kappa shape index (κ1) is 19.9. The highest BCUT2D eigenvalue weighted by Gasteiger charge is 2.44. The summed E-state index contributed by atoms with van der Waals surface area (Å²) in [4.78, 5) is 32.4. The number of nitrogens with two attached hydrogens (primary N) is 1. The van der Waals surface area contributed by atoms with E-state index < -0.39 is 30.1 Å². The van der Waals surface area contributed by atoms with Crippen molar-refractivity contribution in [1.29, 1.82) is 0 Å². The van der Waals surface area contributed by atoms with E-state index in [2.05, 4.69) is 15.2 Å². The van der Waals surface area contributed by atoms with Crippen molar-refractivity contribution < 1.29 is 19.5 Å². The van der Waals surface area contributed by atoms with Crippen LogP contribution in [0.4, 0.5) is 15.9 Å². The summed E-state index contributed by atoms with van der Waals surface area (Å²) in [5.41, 5.74) is 7.53. The number of amides is 2. The van der Waals surface area contributed by atoms with Crippen LogP contribution >= 0.6 is 0 Å². The maximum absolute atomic E-state index is 15.2. The van der Waals surface area contributed by atoms with E-state index in [-0.39, 0.29) is 30.5 Å². The molecule has 2 N–H and O–H groups in total. The van der Waals surface area contributed by atoms with Gasteiger partial charge in [0, 0.05) is 53.0 Å². The van der Waals surface area contributed by atoms with Crippen molar-refractivity contribution in [3.8, 4) is 22.4 Å². The fraction of sp³-hybridized carbons (Fsp3) is 0.346. The normalized spacial score (nSPS) is 19.2. The number of nitrogen functional groups attached to an aromatic ring is 1. The predicted octanol–water partition coefficient (Wildman–Crippen LogP) is 3.54. The number of aromatic nitrogens is 5. The monoisotopic (exact) mass is 508 g/mol. The van der Waals surface area contributed by atoms with Crippen molar-refractivity contribution in [2.24, 2.45) is 0 Å². The lowest BCUT2D eigenvalue weighted by Gasteiger charge is -2.45. The lowest BCUT2D eigenvalue weighted by molar-refractivity contribution is -0.145. The smallest absolute Gasteiger partial charge is 0.252 e. The van der Waals surface area contributed by atoms with Crippen LogP contribution in [0.15, 0.2) is 43.0 Å². The fourth-order valence-corrected chi connectivity index (χ4v) is 4.83. The molecule has 1 unspecified atom stereocenters. The first-order chi connectivity index (χ1) is 19.1. The van der Waals surface area contributed by atoms with E-state index in [0.717, 1.165) is 4.68 Å². The number of halogens is 1. The quantitative estimate of drug-likeness (QED) is 0.451. The van der Waals surface area contributed by atoms with Gasteiger partial charge in [0.15, 0.2) is 5.82 Å². The molecule has 5 rings (SSSR count). The topological polar surface area (TPSA) is 115 Å². The van der Waals surface area contributed by atoms with E-state index in [4.69, 9.17) is 11.2 Å². The maximum Gasteiger partial charge on any atom is 0.252 e. The Morgan fingerprint density at radius 2 is 2.03 bits per heavy atom. The Morgan fingerprint density at radius 1 is 1.24 bits per heavy atom. The predicted molar refractivity (Wildman–Crippen MR) is 138 cm³/mol. The summed E-state index contributed by atoms with van der Waals surface area (Å²) in [5.74, 6) is -1.12. The van der Waals surface area contributed by atoms with Gasteiger partial charge in [0.05, 0.1) is 18.9 Å². The summed E-state index contributed by atoms with van der Waals surface area (Å²) in [6.07, 6.45) is 4.14. The van der Waals surface area contributed by atoms with Gasteiger partial charge in [-0.1, -0.05) is 0 Å². The largest absolute Gasteiger partial charge is 0.382 e. The van der Waals surface area contributed by atoms with Gasteiger partial charge in [-0.25, -0.2) is 13.9 Å². The third-order valence-electron chi connectivity index (χ3n) is 6.72. The number of nitrogens with zero attached hydrogens (tertiary/aromatic N) is 7. The maximum atomic E-state index is 15.2. The molecule has 11 heteroatoms. The minimum atomic E-state index is -2.64. The molecule has 4 heterocycles. The molecule has 0 radical (unpaired) electrons. The van der Waals surface area contributed by atoms with Crippen molar-refractivity contribution in [2.45, 2.75) is 46.1 Å². The Kier molecular flexibility index (Phi) is 4.66. The van der Waals surface area contributed by atoms with Crippen molar-refractivity contribution in [3.05, 3.63) is 48.8 Å². The number of benzene rings is 1. The SMILES string of the molecule is [2H]C([2H])([2H])C([2H])(C)n1cc(-c2cc(-c3ccc(F)c(N4CCN(C(C)=O)C(C)(C)C4=O)c3)n3ncnc(N)c23)cn1. The van der Waals surface area contributed by atoms with E-state index in [1.807, 2.05) is 0 Å². The average molecular weight is 509 g/mol. The summed E-state index contributed by atoms with van der Waals surface area (Å²) < 4.78 is 49.3. The molecule has 0 saturated carbocycles. The van der Waals surface area contributed by atoms with Crippen LogP contribution in [0.3, 0.4) is 0 Å². The molecule has 0 bridgehead atoms. The number of hydrogen-bond acceptors (Lipinski definition) is 6. The van der Waals surface area contributed by atoms with Crippen molar-refractivity contribution >= 4 is 28.8 Å². The highest BCUT2D eigenvalue weighted by Crippen LogP contribution is 2.37. The number of carbonyl (C=O) groups is 2. The van der Waals surface area contributed by atoms with Gasteiger partial charge in [0.25, 0.3) is 5.91 Å². The summed E-state index contributed by atoms with van der Waals surface area (Å²) in [6, 6.07) is 4.05. The molecule has 1 fully saturated rings. The van der Waals surface area contributed by atoms with Gasteiger partial charge in [-0.2, -0.15) is 10.2 Å². The van der Waals surface area contributed by atoms with Gasteiger partial charge in [-0.05, 0) is 51.9 Å². The van der Waals surface area contributed by atoms with Crippen molar-refractivity contribution in [2.75, 3.05) is 23.7 Å². The molecule has 0 aliphatic carbocycles. The molecule has 192 valence electrons. The molecule has 1 aliphatic heterocycles. The van der Waals surface area contributed by atoms with E-state index in [9.17, 15) is 9.59 Å². The standard InChI is InChI=1S/C26H29FN8O2/c1-15(2)34-13-18(12-30-34)19-11-21(35-23(19)24(28)29-14-31-35)17-6-7-20(27)22(10-17)32-8-9-33(16(3)36)26(4,5)25(32)37/h6-7,10-15H,8-9H2,1-5H3,(H2,28,29,31)/i1D3,15D. The molecule has 4 aromatic rings. The zero-order valence-electron chi connectivity index (χ0n) is 24.9. The Balaban J connectivity index is 1.62. The molecular weight excluding hydrogens is 475 g/mol. The molecule has 1 atom stereocenters. The number of carbonyl (C=O) groups excluding carboxylic acids is 2. The average Bonchev–Trinajstić information content (AvgIpc) is 3.52. The second-order valence-corrected chi connectivity index (χ2v) is 9.46. The van der Waals surface area contributed by atoms with E-state index in [1.165, 1.54) is 59.0 Å². The minimum Gasteiger partial charge on any atom is -0.382 e. The van der Waals surface area contributed by atoms with Crippen molar-refractivity contribution in [1.82, 2.24) is 29.3 Å². The van der Waals surface area contributed by atoms with Crippen LogP contribution in [0, 0.1) is 5.82 Å². The summed E-state index contributed by atoms with van der Waals surface area (Å²) >= 11 is 0. The molecule has 2 amide bonds. The van der Waals surface area contributed by atoms with E-state index in [0.29, 0.717) is 27.9 Å². The number of piperazine rings is 1. The second kappa shape index (κ2) is 8.68. The van der Waals surface area contributed by atoms with Gasteiger partial charge < -0.3 is 15.5 Å². The lowest BCUT2D eigenvalue weighted by atomic mass is 9.96. The van der Waals surface area contributed by atoms with Crippen LogP contribution in [-0.4, -0.2) is 59.7 Å². The minimum absolute atomic E-state index is 0.0535. The Hall–Kier alpha value is -4.28. The third kappa shape index (κ3) is 3.90. The first-order valence-corrected chi connectivity index (χ1v) is 11.6. The van der Waals surface area contributed by atoms with Gasteiger partial charge in [-0.15, -0.1) is 0 Å². The Labute approximate surface area is 219 Å². The highest BCUT2D eigenvalue weighted by molar-refractivity contribution is 6.03. The first-order valence-electron chi connectivity index (χ1n) is 13.6. The lowest BCUT2D eigenvalue weighted by Crippen LogP contribution is -2.64. The van der Waals surface area contributed by atoms with Gasteiger partial charge in [0.2, 0.25) is 5.91 Å². The molecule has 0 spiro atoms. The number of anilines is 2. The fourth-order valence-electron chi connectivity index (χ4n) is 4.83. The van der Waals surface area contributed by atoms with Gasteiger partial charge >= 0.3 is 0 Å². The van der Waals surface area contributed by atoms with Crippen molar-refractivity contribution in [3.63, 3.8) is 0 Å². The zero-order chi connectivity index (χ0) is 30.1. The number of fused-ring (bicyclic) bond motifs is 1.